The first-order chi connectivity index (χ1) is 11.8. The van der Waals surface area contributed by atoms with E-state index in [2.05, 4.69) is 5.32 Å². The van der Waals surface area contributed by atoms with Gasteiger partial charge in [-0.2, -0.15) is 0 Å². The molecule has 0 spiro atoms. The van der Waals surface area contributed by atoms with Crippen molar-refractivity contribution in [1.82, 2.24) is 10.2 Å². The largest absolute Gasteiger partial charge is 0.366 e. The number of primary amides is 1. The molecule has 128 valence electrons. The summed E-state index contributed by atoms with van der Waals surface area (Å²) in [4.78, 5) is 37.3. The van der Waals surface area contributed by atoms with Crippen molar-refractivity contribution in [2.45, 2.75) is 19.0 Å². The zero-order valence-electron chi connectivity index (χ0n) is 13.5. The minimum atomic E-state index is -1.48. The summed E-state index contributed by atoms with van der Waals surface area (Å²) in [7, 11) is 0. The Morgan fingerprint density at radius 1 is 1.20 bits per heavy atom. The minimum Gasteiger partial charge on any atom is -0.366 e. The predicted octanol–water partition coefficient (Wildman–Crippen LogP) is 1.89. The molecule has 1 aliphatic heterocycles. The van der Waals surface area contributed by atoms with Crippen LogP contribution in [0.4, 0.5) is 9.18 Å². The number of rotatable bonds is 4. The number of carbonyl (C=O) groups excluding carboxylic acids is 3. The number of hydrogen-bond acceptors (Lipinski definition) is 3. The molecule has 25 heavy (non-hydrogen) atoms. The summed E-state index contributed by atoms with van der Waals surface area (Å²) in [5, 5.41) is 2.55. The number of hydrogen-bond donors (Lipinski definition) is 2. The van der Waals surface area contributed by atoms with Gasteiger partial charge in [0.25, 0.3) is 5.91 Å². The van der Waals surface area contributed by atoms with Gasteiger partial charge in [0.1, 0.15) is 11.4 Å². The zero-order valence-corrected chi connectivity index (χ0v) is 13.5. The van der Waals surface area contributed by atoms with E-state index in [0.717, 1.165) is 4.90 Å². The number of imide groups is 1. The molecule has 1 fully saturated rings. The third-order valence-corrected chi connectivity index (χ3v) is 4.24. The van der Waals surface area contributed by atoms with E-state index in [1.54, 1.807) is 24.3 Å². The van der Waals surface area contributed by atoms with Crippen LogP contribution in [0.1, 0.15) is 28.4 Å². The highest BCUT2D eigenvalue weighted by Crippen LogP contribution is 2.31. The molecule has 1 saturated heterocycles. The maximum atomic E-state index is 14.1. The van der Waals surface area contributed by atoms with E-state index in [1.165, 1.54) is 31.2 Å². The van der Waals surface area contributed by atoms with Gasteiger partial charge in [-0.15, -0.1) is 0 Å². The maximum absolute atomic E-state index is 14.1. The third-order valence-electron chi connectivity index (χ3n) is 4.24. The van der Waals surface area contributed by atoms with E-state index in [-0.39, 0.29) is 17.7 Å². The first kappa shape index (κ1) is 16.6. The summed E-state index contributed by atoms with van der Waals surface area (Å²) in [5.74, 6) is -1.74. The minimum absolute atomic E-state index is 0.0458. The molecular weight excluding hydrogens is 325 g/mol. The normalized spacial score (nSPS) is 19.8. The Hall–Kier alpha value is -3.22. The van der Waals surface area contributed by atoms with Gasteiger partial charge in [-0.05, 0) is 30.7 Å². The Morgan fingerprint density at radius 3 is 2.60 bits per heavy atom. The smallest absolute Gasteiger partial charge is 0.325 e. The molecule has 0 radical (unpaired) electrons. The van der Waals surface area contributed by atoms with Gasteiger partial charge in [0.2, 0.25) is 5.91 Å². The molecule has 0 saturated carbocycles. The van der Waals surface area contributed by atoms with Crippen LogP contribution in [-0.2, 0) is 16.9 Å². The molecule has 1 heterocycles. The summed E-state index contributed by atoms with van der Waals surface area (Å²) >= 11 is 0. The van der Waals surface area contributed by atoms with Crippen molar-refractivity contribution in [3.8, 4) is 0 Å². The van der Waals surface area contributed by atoms with Gasteiger partial charge in [0.05, 0.1) is 6.54 Å². The number of amides is 4. The van der Waals surface area contributed by atoms with Gasteiger partial charge in [0, 0.05) is 11.1 Å². The van der Waals surface area contributed by atoms with Gasteiger partial charge < -0.3 is 11.1 Å². The van der Waals surface area contributed by atoms with Gasteiger partial charge in [-0.25, -0.2) is 9.18 Å². The Kier molecular flexibility index (Phi) is 4.00. The highest BCUT2D eigenvalue weighted by molar-refractivity contribution is 6.07. The summed E-state index contributed by atoms with van der Waals surface area (Å²) in [6.45, 7) is 1.42. The second-order valence-electron chi connectivity index (χ2n) is 5.99. The Labute approximate surface area is 143 Å². The molecule has 0 bridgehead atoms. The summed E-state index contributed by atoms with van der Waals surface area (Å²) in [6, 6.07) is 11.5. The van der Waals surface area contributed by atoms with Crippen molar-refractivity contribution in [2.75, 3.05) is 0 Å². The number of nitrogens with zero attached hydrogens (tertiary/aromatic N) is 1. The Morgan fingerprint density at radius 2 is 1.92 bits per heavy atom. The lowest BCUT2D eigenvalue weighted by Gasteiger charge is -2.22. The van der Waals surface area contributed by atoms with Crippen molar-refractivity contribution in [3.05, 3.63) is 71.0 Å². The van der Waals surface area contributed by atoms with Crippen LogP contribution in [0.5, 0.6) is 0 Å². The average molecular weight is 341 g/mol. The molecule has 1 atom stereocenters. The quantitative estimate of drug-likeness (QED) is 0.832. The van der Waals surface area contributed by atoms with E-state index in [4.69, 9.17) is 5.73 Å². The van der Waals surface area contributed by atoms with Crippen LogP contribution < -0.4 is 11.1 Å². The Bertz CT molecular complexity index is 883. The fourth-order valence-electron chi connectivity index (χ4n) is 2.90. The molecule has 7 heteroatoms. The number of benzene rings is 2. The monoisotopic (exact) mass is 341 g/mol. The molecule has 0 aliphatic carbocycles. The predicted molar refractivity (Wildman–Crippen MR) is 87.8 cm³/mol. The number of urea groups is 1. The van der Waals surface area contributed by atoms with E-state index in [1.807, 2.05) is 0 Å². The molecule has 3 N–H and O–H groups in total. The van der Waals surface area contributed by atoms with Crippen molar-refractivity contribution in [1.29, 1.82) is 0 Å². The van der Waals surface area contributed by atoms with Gasteiger partial charge in [-0.1, -0.05) is 30.3 Å². The fraction of sp³-hybridized carbons (Fsp3) is 0.167. The van der Waals surface area contributed by atoms with Gasteiger partial charge in [-0.3, -0.25) is 14.5 Å². The number of nitrogens with two attached hydrogens (primary N) is 1. The molecular formula is C18H16FN3O3. The molecule has 3 rings (SSSR count). The molecule has 6 nitrogen and oxygen atoms in total. The van der Waals surface area contributed by atoms with Crippen LogP contribution in [0.15, 0.2) is 48.5 Å². The lowest BCUT2D eigenvalue weighted by atomic mass is 9.91. The van der Waals surface area contributed by atoms with Crippen molar-refractivity contribution < 1.29 is 18.8 Å². The SMILES string of the molecule is CC1(c2ccccc2F)NC(=O)N(Cc2cccc(C(N)=O)c2)C1=O. The maximum Gasteiger partial charge on any atom is 0.325 e. The second-order valence-corrected chi connectivity index (χ2v) is 5.99. The molecule has 0 aromatic heterocycles. The van der Waals surface area contributed by atoms with Crippen LogP contribution in [-0.4, -0.2) is 22.7 Å². The molecule has 4 amide bonds. The number of carbonyl (C=O) groups is 3. The molecule has 2 aromatic carbocycles. The summed E-state index contributed by atoms with van der Waals surface area (Å²) in [6.07, 6.45) is 0. The van der Waals surface area contributed by atoms with Crippen LogP contribution in [0, 0.1) is 5.82 Å². The van der Waals surface area contributed by atoms with Crippen LogP contribution >= 0.6 is 0 Å². The zero-order chi connectivity index (χ0) is 18.2. The van der Waals surface area contributed by atoms with Crippen molar-refractivity contribution in [2.24, 2.45) is 5.73 Å². The van der Waals surface area contributed by atoms with E-state index in [9.17, 15) is 18.8 Å². The lowest BCUT2D eigenvalue weighted by Crippen LogP contribution is -2.41. The second kappa shape index (κ2) is 6.01. The van der Waals surface area contributed by atoms with E-state index in [0.29, 0.717) is 5.56 Å². The summed E-state index contributed by atoms with van der Waals surface area (Å²) in [5.41, 5.74) is 4.70. The van der Waals surface area contributed by atoms with Crippen molar-refractivity contribution >= 4 is 17.8 Å². The number of halogens is 1. The van der Waals surface area contributed by atoms with E-state index >= 15 is 0 Å². The van der Waals surface area contributed by atoms with Crippen LogP contribution in [0.3, 0.4) is 0 Å². The van der Waals surface area contributed by atoms with Crippen molar-refractivity contribution in [3.63, 3.8) is 0 Å². The van der Waals surface area contributed by atoms with Gasteiger partial charge in [0.15, 0.2) is 0 Å². The third kappa shape index (κ3) is 2.84. The van der Waals surface area contributed by atoms with Gasteiger partial charge >= 0.3 is 6.03 Å². The first-order valence-electron chi connectivity index (χ1n) is 7.61. The average Bonchev–Trinajstić information content (AvgIpc) is 2.79. The van der Waals surface area contributed by atoms with Crippen LogP contribution in [0.25, 0.3) is 0 Å². The van der Waals surface area contributed by atoms with E-state index < -0.39 is 29.2 Å². The molecule has 2 aromatic rings. The highest BCUT2D eigenvalue weighted by Gasteiger charge is 2.50. The first-order valence-corrected chi connectivity index (χ1v) is 7.61. The lowest BCUT2D eigenvalue weighted by molar-refractivity contribution is -0.131. The standard InChI is InChI=1S/C18H16FN3O3/c1-18(13-7-2-3-8-14(13)19)16(24)22(17(25)21-18)10-11-5-4-6-12(9-11)15(20)23/h2-9H,10H2,1H3,(H2,20,23)(H,21,25). The molecule has 1 aliphatic rings. The highest BCUT2D eigenvalue weighted by atomic mass is 19.1. The molecule has 1 unspecified atom stereocenters. The topological polar surface area (TPSA) is 92.5 Å². The summed E-state index contributed by atoms with van der Waals surface area (Å²) < 4.78 is 14.1. The Balaban J connectivity index is 1.91. The fourth-order valence-corrected chi connectivity index (χ4v) is 2.90. The number of nitrogens with one attached hydrogen (secondary N) is 1. The van der Waals surface area contributed by atoms with Crippen LogP contribution in [0.2, 0.25) is 0 Å².